The molecule has 2 atom stereocenters. The second-order valence-electron chi connectivity index (χ2n) is 7.64. The number of unbranched alkanes of at least 4 members (excludes halogenated alkanes) is 9. The van der Waals surface area contributed by atoms with Crippen molar-refractivity contribution in [1.29, 1.82) is 0 Å². The monoisotopic (exact) mass is 351 g/mol. The number of quaternary nitrogens is 1. The van der Waals surface area contributed by atoms with Crippen molar-refractivity contribution in [2.75, 3.05) is 26.2 Å². The van der Waals surface area contributed by atoms with Crippen LogP contribution in [-0.4, -0.2) is 48.2 Å². The maximum absolute atomic E-state index is 9.35. The summed E-state index contributed by atoms with van der Waals surface area (Å²) in [6, 6.07) is 0. The first-order chi connectivity index (χ1) is 12.3. The summed E-state index contributed by atoms with van der Waals surface area (Å²) in [5.41, 5.74) is 0. The molecule has 1 aliphatic heterocycles. The van der Waals surface area contributed by atoms with Crippen LogP contribution in [0, 0.1) is 0 Å². The molecule has 0 aromatic heterocycles. The van der Waals surface area contributed by atoms with Crippen molar-refractivity contribution >= 4 is 6.21 Å². The van der Waals surface area contributed by atoms with E-state index in [-0.39, 0.29) is 6.61 Å². The summed E-state index contributed by atoms with van der Waals surface area (Å²) in [7, 11) is 0. The fraction of sp³-hybridized carbons (Fsp3) is 0.864. The predicted molar refractivity (Wildman–Crippen MR) is 110 cm³/mol. The Bertz CT molecular complexity index is 367. The molecule has 0 saturated carbocycles. The highest BCUT2D eigenvalue weighted by molar-refractivity contribution is 5.60. The molecule has 0 saturated heterocycles. The smallest absolute Gasteiger partial charge is 0.182 e. The predicted octanol–water partition coefficient (Wildman–Crippen LogP) is 5.48. The van der Waals surface area contributed by atoms with Crippen molar-refractivity contribution in [1.82, 2.24) is 0 Å². The molecule has 2 unspecified atom stereocenters. The summed E-state index contributed by atoms with van der Waals surface area (Å²) in [5.74, 6) is 0. The highest BCUT2D eigenvalue weighted by atomic mass is 16.3. The van der Waals surface area contributed by atoms with Gasteiger partial charge in [-0.15, -0.1) is 0 Å². The Hall–Kier alpha value is -0.670. The van der Waals surface area contributed by atoms with Crippen LogP contribution in [0.25, 0.3) is 0 Å². The summed E-state index contributed by atoms with van der Waals surface area (Å²) in [4.78, 5) is 4.70. The number of allylic oxidation sites excluding steroid dienone is 2. The quantitative estimate of drug-likeness (QED) is 0.223. The van der Waals surface area contributed by atoms with E-state index in [1.165, 1.54) is 77.0 Å². The topological polar surface area (TPSA) is 32.6 Å². The summed E-state index contributed by atoms with van der Waals surface area (Å²) in [5, 5.41) is 9.35. The Balaban J connectivity index is 1.96. The van der Waals surface area contributed by atoms with Gasteiger partial charge in [0.15, 0.2) is 6.17 Å². The summed E-state index contributed by atoms with van der Waals surface area (Å²) in [6.45, 7) is 7.70. The first kappa shape index (κ1) is 22.4. The minimum absolute atomic E-state index is 0.280. The van der Waals surface area contributed by atoms with Crippen LogP contribution < -0.4 is 0 Å². The number of aliphatic hydroxyl groups is 1. The number of rotatable bonds is 16. The zero-order valence-electron chi connectivity index (χ0n) is 17.0. The van der Waals surface area contributed by atoms with Gasteiger partial charge in [0.2, 0.25) is 0 Å². The third-order valence-corrected chi connectivity index (χ3v) is 5.74. The van der Waals surface area contributed by atoms with E-state index in [4.69, 9.17) is 4.99 Å². The molecular weight excluding hydrogens is 308 g/mol. The van der Waals surface area contributed by atoms with Gasteiger partial charge in [0.25, 0.3) is 0 Å². The lowest BCUT2D eigenvalue weighted by Gasteiger charge is -2.37. The summed E-state index contributed by atoms with van der Waals surface area (Å²) >= 11 is 0. The molecule has 0 spiro atoms. The summed E-state index contributed by atoms with van der Waals surface area (Å²) < 4.78 is 0.975. The lowest BCUT2D eigenvalue weighted by atomic mass is 10.0. The zero-order chi connectivity index (χ0) is 18.2. The second kappa shape index (κ2) is 14.5. The minimum Gasteiger partial charge on any atom is -0.391 e. The largest absolute Gasteiger partial charge is 0.391 e. The lowest BCUT2D eigenvalue weighted by molar-refractivity contribution is -0.936. The Labute approximate surface area is 156 Å². The normalized spacial score (nSPS) is 23.1. The molecule has 1 aliphatic rings. The van der Waals surface area contributed by atoms with Crippen molar-refractivity contribution in [2.45, 2.75) is 97.1 Å². The van der Waals surface area contributed by atoms with E-state index >= 15 is 0 Å². The number of aliphatic imine (C=N–C) groups is 1. The SMILES string of the molecule is CCC/C=C/CCCCCCCCCCC1N=CC[N+]1(CC)CCO. The Morgan fingerprint density at radius 1 is 0.960 bits per heavy atom. The van der Waals surface area contributed by atoms with E-state index < -0.39 is 0 Å². The van der Waals surface area contributed by atoms with E-state index in [2.05, 4.69) is 32.2 Å². The van der Waals surface area contributed by atoms with Crippen LogP contribution in [-0.2, 0) is 0 Å². The van der Waals surface area contributed by atoms with Gasteiger partial charge in [0.1, 0.15) is 13.1 Å². The maximum atomic E-state index is 9.35. The first-order valence-corrected chi connectivity index (χ1v) is 10.9. The number of nitrogens with zero attached hydrogens (tertiary/aromatic N) is 2. The van der Waals surface area contributed by atoms with E-state index in [1.807, 2.05) is 0 Å². The molecular formula is C22H43N2O+. The minimum atomic E-state index is 0.280. The van der Waals surface area contributed by atoms with Gasteiger partial charge in [0, 0.05) is 6.42 Å². The van der Waals surface area contributed by atoms with Crippen LogP contribution in [0.1, 0.15) is 90.9 Å². The van der Waals surface area contributed by atoms with E-state index in [0.29, 0.717) is 6.17 Å². The van der Waals surface area contributed by atoms with Gasteiger partial charge in [-0.3, -0.25) is 4.48 Å². The van der Waals surface area contributed by atoms with Crippen LogP contribution in [0.4, 0.5) is 0 Å². The van der Waals surface area contributed by atoms with Crippen molar-refractivity contribution < 1.29 is 9.59 Å². The molecule has 0 radical (unpaired) electrons. The van der Waals surface area contributed by atoms with Crippen molar-refractivity contribution in [3.8, 4) is 0 Å². The van der Waals surface area contributed by atoms with E-state index in [1.54, 1.807) is 0 Å². The second-order valence-corrected chi connectivity index (χ2v) is 7.64. The molecule has 0 bridgehead atoms. The van der Waals surface area contributed by atoms with Crippen LogP contribution >= 0.6 is 0 Å². The standard InChI is InChI=1S/C22H43N2O/c1-3-5-6-7-8-9-10-11-12-13-14-15-16-17-22-23-18-19-24(22,4-2)20-21-25/h6-7,18,22,25H,3-5,8-17,19-21H2,1-2H3/q+1/b7-6+. The van der Waals surface area contributed by atoms with Gasteiger partial charge < -0.3 is 5.11 Å². The highest BCUT2D eigenvalue weighted by Gasteiger charge is 2.36. The molecule has 25 heavy (non-hydrogen) atoms. The number of hydrogen-bond donors (Lipinski definition) is 1. The molecule has 3 nitrogen and oxygen atoms in total. The van der Waals surface area contributed by atoms with Crippen LogP contribution in [0.2, 0.25) is 0 Å². The molecule has 0 aliphatic carbocycles. The fourth-order valence-corrected chi connectivity index (χ4v) is 3.93. The third-order valence-electron chi connectivity index (χ3n) is 5.74. The van der Waals surface area contributed by atoms with Crippen LogP contribution in [0.15, 0.2) is 17.1 Å². The number of aliphatic hydroxyl groups excluding tert-OH is 1. The van der Waals surface area contributed by atoms with Gasteiger partial charge >= 0.3 is 0 Å². The van der Waals surface area contributed by atoms with Gasteiger partial charge in [-0.25, -0.2) is 4.99 Å². The molecule has 0 aromatic carbocycles. The molecule has 1 heterocycles. The Morgan fingerprint density at radius 3 is 2.24 bits per heavy atom. The van der Waals surface area contributed by atoms with Gasteiger partial charge in [0.05, 0.1) is 19.4 Å². The van der Waals surface area contributed by atoms with Gasteiger partial charge in [-0.2, -0.15) is 0 Å². The maximum Gasteiger partial charge on any atom is 0.182 e. The summed E-state index contributed by atoms with van der Waals surface area (Å²) in [6.07, 6.45) is 23.1. The Morgan fingerprint density at radius 2 is 1.60 bits per heavy atom. The molecule has 146 valence electrons. The molecule has 0 amide bonds. The lowest BCUT2D eigenvalue weighted by Crippen LogP contribution is -2.53. The van der Waals surface area contributed by atoms with Crippen LogP contribution in [0.3, 0.4) is 0 Å². The van der Waals surface area contributed by atoms with Gasteiger partial charge in [-0.05, 0) is 32.6 Å². The van der Waals surface area contributed by atoms with Crippen LogP contribution in [0.5, 0.6) is 0 Å². The molecule has 3 heteroatoms. The van der Waals surface area contributed by atoms with E-state index in [0.717, 1.165) is 24.1 Å². The molecule has 1 rings (SSSR count). The number of likely N-dealkylation sites (N-methyl/N-ethyl adjacent to an activating group) is 1. The highest BCUT2D eigenvalue weighted by Crippen LogP contribution is 2.24. The first-order valence-electron chi connectivity index (χ1n) is 10.9. The molecule has 1 N–H and O–H groups in total. The fourth-order valence-electron chi connectivity index (χ4n) is 3.93. The van der Waals surface area contributed by atoms with Crippen molar-refractivity contribution in [3.05, 3.63) is 12.2 Å². The van der Waals surface area contributed by atoms with E-state index in [9.17, 15) is 5.11 Å². The van der Waals surface area contributed by atoms with Crippen molar-refractivity contribution in [2.24, 2.45) is 4.99 Å². The molecule has 0 fully saturated rings. The van der Waals surface area contributed by atoms with Crippen molar-refractivity contribution in [3.63, 3.8) is 0 Å². The number of hydrogen-bond acceptors (Lipinski definition) is 2. The average molecular weight is 352 g/mol. The zero-order valence-corrected chi connectivity index (χ0v) is 17.0. The Kier molecular flexibility index (Phi) is 13.0. The van der Waals surface area contributed by atoms with Gasteiger partial charge in [-0.1, -0.05) is 64.0 Å². The third kappa shape index (κ3) is 9.01. The molecule has 0 aromatic rings. The average Bonchev–Trinajstić information content (AvgIpc) is 3.02.